The van der Waals surface area contributed by atoms with Crippen LogP contribution in [0, 0.1) is 5.41 Å². The molecule has 0 aromatic heterocycles. The first-order valence-electron chi connectivity index (χ1n) is 3.50. The van der Waals surface area contributed by atoms with Gasteiger partial charge in [-0.25, -0.2) is 0 Å². The van der Waals surface area contributed by atoms with Gasteiger partial charge in [-0.2, -0.15) is 0 Å². The number of allylic oxidation sites excluding steroid dienone is 1. The second-order valence-electron chi connectivity index (χ2n) is 2.09. The fourth-order valence-electron chi connectivity index (χ4n) is 0.800. The van der Waals surface area contributed by atoms with Gasteiger partial charge in [0.15, 0.2) is 0 Å². The molecule has 2 heteroatoms. The first kappa shape index (κ1) is 9.37. The van der Waals surface area contributed by atoms with Crippen LogP contribution in [0.2, 0.25) is 0 Å². The number of rotatable bonds is 4. The Morgan fingerprint density at radius 3 is 2.60 bits per heavy atom. The first-order chi connectivity index (χ1) is 4.76. The van der Waals surface area contributed by atoms with Crippen LogP contribution in [0.15, 0.2) is 12.2 Å². The van der Waals surface area contributed by atoms with Crippen molar-refractivity contribution in [2.45, 2.75) is 26.4 Å². The second kappa shape index (κ2) is 5.18. The molecule has 10 heavy (non-hydrogen) atoms. The van der Waals surface area contributed by atoms with Crippen LogP contribution in [0.5, 0.6) is 0 Å². The van der Waals surface area contributed by atoms with Crippen molar-refractivity contribution in [2.75, 3.05) is 7.11 Å². The third-order valence-corrected chi connectivity index (χ3v) is 1.35. The maximum Gasteiger partial charge on any atom is 0.0980 e. The van der Waals surface area contributed by atoms with Crippen LogP contribution in [0.4, 0.5) is 0 Å². The average molecular weight is 141 g/mol. The van der Waals surface area contributed by atoms with Crippen LogP contribution >= 0.6 is 0 Å². The van der Waals surface area contributed by atoms with E-state index >= 15 is 0 Å². The summed E-state index contributed by atoms with van der Waals surface area (Å²) < 4.78 is 5.04. The SMILES string of the molecule is C/C=C\C(=N)C(CC)OC. The number of methoxy groups -OCH3 is 1. The van der Waals surface area contributed by atoms with E-state index in [0.717, 1.165) is 6.42 Å². The lowest BCUT2D eigenvalue weighted by Crippen LogP contribution is -2.18. The standard InChI is InChI=1S/C8H15NO/c1-4-6-7(9)8(5-2)10-3/h4,6,8-9H,5H2,1-3H3/b6-4-,9-7?. The molecule has 1 atom stereocenters. The molecule has 0 bridgehead atoms. The van der Waals surface area contributed by atoms with Crippen molar-refractivity contribution in [1.82, 2.24) is 0 Å². The molecule has 0 radical (unpaired) electrons. The smallest absolute Gasteiger partial charge is 0.0980 e. The Kier molecular flexibility index (Phi) is 4.85. The highest BCUT2D eigenvalue weighted by Gasteiger charge is 2.06. The lowest BCUT2D eigenvalue weighted by Gasteiger charge is -2.10. The van der Waals surface area contributed by atoms with Gasteiger partial charge in [0.2, 0.25) is 0 Å². The Labute approximate surface area is 62.4 Å². The van der Waals surface area contributed by atoms with E-state index in [9.17, 15) is 0 Å². The summed E-state index contributed by atoms with van der Waals surface area (Å²) in [7, 11) is 1.63. The lowest BCUT2D eigenvalue weighted by atomic mass is 10.1. The number of hydrogen-bond acceptors (Lipinski definition) is 2. The van der Waals surface area contributed by atoms with Crippen molar-refractivity contribution < 1.29 is 4.74 Å². The molecular weight excluding hydrogens is 126 g/mol. The minimum Gasteiger partial charge on any atom is -0.375 e. The highest BCUT2D eigenvalue weighted by atomic mass is 16.5. The summed E-state index contributed by atoms with van der Waals surface area (Å²) in [4.78, 5) is 0. The number of ether oxygens (including phenoxy) is 1. The number of hydrogen-bond donors (Lipinski definition) is 1. The Morgan fingerprint density at radius 2 is 2.30 bits per heavy atom. The zero-order valence-electron chi connectivity index (χ0n) is 6.85. The molecule has 1 unspecified atom stereocenters. The van der Waals surface area contributed by atoms with E-state index in [1.54, 1.807) is 13.2 Å². The van der Waals surface area contributed by atoms with Gasteiger partial charge < -0.3 is 10.1 Å². The summed E-state index contributed by atoms with van der Waals surface area (Å²) >= 11 is 0. The van der Waals surface area contributed by atoms with Crippen LogP contribution in [0.25, 0.3) is 0 Å². The lowest BCUT2D eigenvalue weighted by molar-refractivity contribution is 0.153. The maximum absolute atomic E-state index is 7.43. The molecule has 0 fully saturated rings. The molecule has 0 saturated heterocycles. The summed E-state index contributed by atoms with van der Waals surface area (Å²) in [6, 6.07) is 0. The second-order valence-corrected chi connectivity index (χ2v) is 2.09. The van der Waals surface area contributed by atoms with Crippen molar-refractivity contribution in [3.63, 3.8) is 0 Å². The summed E-state index contributed by atoms with van der Waals surface area (Å²) in [5, 5.41) is 7.43. The van der Waals surface area contributed by atoms with Gasteiger partial charge in [-0.1, -0.05) is 13.0 Å². The van der Waals surface area contributed by atoms with Crippen LogP contribution in [0.1, 0.15) is 20.3 Å². The normalized spacial score (nSPS) is 13.9. The zero-order chi connectivity index (χ0) is 7.98. The molecule has 0 rings (SSSR count). The van der Waals surface area contributed by atoms with E-state index in [4.69, 9.17) is 10.1 Å². The van der Waals surface area contributed by atoms with E-state index in [2.05, 4.69) is 0 Å². The van der Waals surface area contributed by atoms with Crippen molar-refractivity contribution in [3.8, 4) is 0 Å². The van der Waals surface area contributed by atoms with Gasteiger partial charge in [-0.3, -0.25) is 0 Å². The predicted molar refractivity (Wildman–Crippen MR) is 43.6 cm³/mol. The van der Waals surface area contributed by atoms with Crippen molar-refractivity contribution in [3.05, 3.63) is 12.2 Å². The van der Waals surface area contributed by atoms with Gasteiger partial charge in [0.25, 0.3) is 0 Å². The van der Waals surface area contributed by atoms with Crippen molar-refractivity contribution in [2.24, 2.45) is 0 Å². The first-order valence-corrected chi connectivity index (χ1v) is 3.50. The maximum atomic E-state index is 7.43. The molecular formula is C8H15NO. The van der Waals surface area contributed by atoms with Gasteiger partial charge in [0, 0.05) is 7.11 Å². The third kappa shape index (κ3) is 2.78. The van der Waals surface area contributed by atoms with E-state index in [1.807, 2.05) is 19.9 Å². The van der Waals surface area contributed by atoms with Gasteiger partial charge >= 0.3 is 0 Å². The average Bonchev–Trinajstić information content (AvgIpc) is 1.91. The Balaban J connectivity index is 3.89. The monoisotopic (exact) mass is 141 g/mol. The van der Waals surface area contributed by atoms with Crippen molar-refractivity contribution in [1.29, 1.82) is 5.41 Å². The van der Waals surface area contributed by atoms with Crippen LogP contribution < -0.4 is 0 Å². The Hall–Kier alpha value is -0.630. The molecule has 1 N–H and O–H groups in total. The molecule has 0 aliphatic rings. The van der Waals surface area contributed by atoms with E-state index in [1.165, 1.54) is 0 Å². The number of nitrogens with one attached hydrogen (secondary N) is 1. The molecule has 0 aliphatic heterocycles. The molecule has 0 heterocycles. The van der Waals surface area contributed by atoms with Gasteiger partial charge in [-0.15, -0.1) is 0 Å². The van der Waals surface area contributed by atoms with Crippen LogP contribution in [-0.4, -0.2) is 18.9 Å². The van der Waals surface area contributed by atoms with E-state index in [0.29, 0.717) is 5.71 Å². The van der Waals surface area contributed by atoms with Crippen LogP contribution in [0.3, 0.4) is 0 Å². The summed E-state index contributed by atoms with van der Waals surface area (Å²) in [5.74, 6) is 0. The predicted octanol–water partition coefficient (Wildman–Crippen LogP) is 2.01. The van der Waals surface area contributed by atoms with Gasteiger partial charge in [0.05, 0.1) is 11.8 Å². The van der Waals surface area contributed by atoms with Gasteiger partial charge in [0.1, 0.15) is 0 Å². The minimum absolute atomic E-state index is 0.0313. The third-order valence-electron chi connectivity index (χ3n) is 1.35. The van der Waals surface area contributed by atoms with E-state index in [-0.39, 0.29) is 6.10 Å². The fourth-order valence-corrected chi connectivity index (χ4v) is 0.800. The molecule has 0 aliphatic carbocycles. The highest BCUT2D eigenvalue weighted by molar-refractivity contribution is 5.95. The highest BCUT2D eigenvalue weighted by Crippen LogP contribution is 1.98. The summed E-state index contributed by atoms with van der Waals surface area (Å²) in [6.45, 7) is 3.91. The van der Waals surface area contributed by atoms with Gasteiger partial charge in [-0.05, 0) is 19.4 Å². The largest absolute Gasteiger partial charge is 0.375 e. The Bertz CT molecular complexity index is 125. The Morgan fingerprint density at radius 1 is 1.70 bits per heavy atom. The molecule has 58 valence electrons. The van der Waals surface area contributed by atoms with Crippen LogP contribution in [-0.2, 0) is 4.74 Å². The molecule has 0 aromatic carbocycles. The molecule has 0 spiro atoms. The molecule has 0 amide bonds. The molecule has 0 saturated carbocycles. The fraction of sp³-hybridized carbons (Fsp3) is 0.625. The minimum atomic E-state index is -0.0313. The molecule has 2 nitrogen and oxygen atoms in total. The van der Waals surface area contributed by atoms with E-state index < -0.39 is 0 Å². The topological polar surface area (TPSA) is 33.1 Å². The van der Waals surface area contributed by atoms with Crippen molar-refractivity contribution >= 4 is 5.71 Å². The zero-order valence-corrected chi connectivity index (χ0v) is 6.85. The summed E-state index contributed by atoms with van der Waals surface area (Å²) in [6.07, 6.45) is 4.44. The molecule has 0 aromatic rings. The summed E-state index contributed by atoms with van der Waals surface area (Å²) in [5.41, 5.74) is 0.549. The quantitative estimate of drug-likeness (QED) is 0.597.